The minimum absolute atomic E-state index is 0.809. The van der Waals surface area contributed by atoms with Gasteiger partial charge in [-0.2, -0.15) is 0 Å². The third kappa shape index (κ3) is 2.32. The van der Waals surface area contributed by atoms with Gasteiger partial charge in [-0.1, -0.05) is 29.8 Å². The SMILES string of the molecule is CC(C)=CCNc1cc2c(cn1)[nH]c1ccccc12. The zero-order chi connectivity index (χ0) is 13.2. The van der Waals surface area contributed by atoms with Crippen LogP contribution in [0.4, 0.5) is 5.82 Å². The van der Waals surface area contributed by atoms with Crippen molar-refractivity contribution in [1.29, 1.82) is 0 Å². The maximum absolute atomic E-state index is 4.43. The number of nitrogens with one attached hydrogen (secondary N) is 2. The van der Waals surface area contributed by atoms with E-state index >= 15 is 0 Å². The summed E-state index contributed by atoms with van der Waals surface area (Å²) in [4.78, 5) is 7.80. The summed E-state index contributed by atoms with van der Waals surface area (Å²) < 4.78 is 0. The average molecular weight is 251 g/mol. The van der Waals surface area contributed by atoms with Crippen molar-refractivity contribution in [3.05, 3.63) is 48.2 Å². The molecule has 0 aliphatic carbocycles. The van der Waals surface area contributed by atoms with Gasteiger partial charge in [0.15, 0.2) is 0 Å². The lowest BCUT2D eigenvalue weighted by Gasteiger charge is -2.02. The van der Waals surface area contributed by atoms with Crippen molar-refractivity contribution >= 4 is 27.6 Å². The summed E-state index contributed by atoms with van der Waals surface area (Å²) in [5, 5.41) is 5.78. The van der Waals surface area contributed by atoms with Crippen molar-refractivity contribution in [3.8, 4) is 0 Å². The molecule has 0 fully saturated rings. The predicted molar refractivity (Wildman–Crippen MR) is 81.5 cm³/mol. The van der Waals surface area contributed by atoms with Gasteiger partial charge in [-0.15, -0.1) is 0 Å². The fourth-order valence-corrected chi connectivity index (χ4v) is 2.21. The van der Waals surface area contributed by atoms with Crippen LogP contribution in [0.1, 0.15) is 13.8 Å². The number of aromatic nitrogens is 2. The standard InChI is InChI=1S/C16H17N3/c1-11(2)7-8-17-16-9-13-12-5-3-4-6-14(12)19-15(13)10-18-16/h3-7,9-10,19H,8H2,1-2H3,(H,17,18). The Morgan fingerprint density at radius 2 is 2.05 bits per heavy atom. The van der Waals surface area contributed by atoms with Gasteiger partial charge in [-0.25, -0.2) is 4.98 Å². The highest BCUT2D eigenvalue weighted by Gasteiger charge is 2.04. The highest BCUT2D eigenvalue weighted by Crippen LogP contribution is 2.26. The third-order valence-corrected chi connectivity index (χ3v) is 3.18. The molecule has 3 nitrogen and oxygen atoms in total. The van der Waals surface area contributed by atoms with Crippen LogP contribution in [0, 0.1) is 0 Å². The number of allylic oxidation sites excluding steroid dienone is 1. The molecule has 0 radical (unpaired) electrons. The molecule has 0 unspecified atom stereocenters. The summed E-state index contributed by atoms with van der Waals surface area (Å²) in [6.07, 6.45) is 4.04. The van der Waals surface area contributed by atoms with Crippen molar-refractivity contribution < 1.29 is 0 Å². The summed E-state index contributed by atoms with van der Waals surface area (Å²) in [6, 6.07) is 10.4. The van der Waals surface area contributed by atoms with Crippen molar-refractivity contribution in [2.24, 2.45) is 0 Å². The topological polar surface area (TPSA) is 40.7 Å². The smallest absolute Gasteiger partial charge is 0.126 e. The Balaban J connectivity index is 1.99. The number of benzene rings is 1. The first-order valence-corrected chi connectivity index (χ1v) is 6.48. The van der Waals surface area contributed by atoms with Gasteiger partial charge < -0.3 is 10.3 Å². The molecule has 3 rings (SSSR count). The first-order valence-electron chi connectivity index (χ1n) is 6.48. The Morgan fingerprint density at radius 1 is 1.21 bits per heavy atom. The molecule has 0 amide bonds. The molecule has 19 heavy (non-hydrogen) atoms. The lowest BCUT2D eigenvalue weighted by Crippen LogP contribution is -2.00. The van der Waals surface area contributed by atoms with Gasteiger partial charge in [0.1, 0.15) is 5.82 Å². The maximum atomic E-state index is 4.43. The number of aromatic amines is 1. The minimum Gasteiger partial charge on any atom is -0.367 e. The molecule has 1 aromatic carbocycles. The molecule has 0 aliphatic heterocycles. The molecular weight excluding hydrogens is 234 g/mol. The second kappa shape index (κ2) is 4.76. The van der Waals surface area contributed by atoms with E-state index < -0.39 is 0 Å². The molecule has 3 heteroatoms. The van der Waals surface area contributed by atoms with Crippen LogP contribution in [0.5, 0.6) is 0 Å². The quantitative estimate of drug-likeness (QED) is 0.688. The van der Waals surface area contributed by atoms with E-state index in [4.69, 9.17) is 0 Å². The second-order valence-corrected chi connectivity index (χ2v) is 4.95. The molecule has 2 N–H and O–H groups in total. The highest BCUT2D eigenvalue weighted by atomic mass is 15.0. The molecule has 0 bridgehead atoms. The van der Waals surface area contributed by atoms with Crippen molar-refractivity contribution in [1.82, 2.24) is 9.97 Å². The normalized spacial score (nSPS) is 10.8. The van der Waals surface area contributed by atoms with Gasteiger partial charge in [0.25, 0.3) is 0 Å². The molecule has 0 saturated carbocycles. The monoisotopic (exact) mass is 251 g/mol. The van der Waals surface area contributed by atoms with Gasteiger partial charge in [0, 0.05) is 22.8 Å². The summed E-state index contributed by atoms with van der Waals surface area (Å²) >= 11 is 0. The van der Waals surface area contributed by atoms with E-state index in [0.29, 0.717) is 0 Å². The molecule has 0 spiro atoms. The number of hydrogen-bond donors (Lipinski definition) is 2. The number of H-pyrrole nitrogens is 1. The molecule has 0 aliphatic rings. The Hall–Kier alpha value is -2.29. The second-order valence-electron chi connectivity index (χ2n) is 4.95. The average Bonchev–Trinajstić information content (AvgIpc) is 2.76. The van der Waals surface area contributed by atoms with Crippen molar-refractivity contribution in [2.45, 2.75) is 13.8 Å². The number of hydrogen-bond acceptors (Lipinski definition) is 2. The molecular formula is C16H17N3. The van der Waals surface area contributed by atoms with Crippen LogP contribution < -0.4 is 5.32 Å². The zero-order valence-corrected chi connectivity index (χ0v) is 11.2. The highest BCUT2D eigenvalue weighted by molar-refractivity contribution is 6.07. The maximum Gasteiger partial charge on any atom is 0.126 e. The Bertz CT molecular complexity index is 749. The third-order valence-electron chi connectivity index (χ3n) is 3.18. The van der Waals surface area contributed by atoms with E-state index in [-0.39, 0.29) is 0 Å². The van der Waals surface area contributed by atoms with E-state index in [9.17, 15) is 0 Å². The van der Waals surface area contributed by atoms with E-state index in [2.05, 4.69) is 59.5 Å². The Labute approximate surface area is 112 Å². The summed E-state index contributed by atoms with van der Waals surface area (Å²) in [5.41, 5.74) is 3.54. The van der Waals surface area contributed by atoms with Crippen LogP contribution in [0.3, 0.4) is 0 Å². The Kier molecular flexibility index (Phi) is 2.95. The van der Waals surface area contributed by atoms with Crippen molar-refractivity contribution in [2.75, 3.05) is 11.9 Å². The van der Waals surface area contributed by atoms with E-state index in [0.717, 1.165) is 23.4 Å². The first kappa shape index (κ1) is 11.8. The molecule has 2 aromatic heterocycles. The van der Waals surface area contributed by atoms with Gasteiger partial charge >= 0.3 is 0 Å². The van der Waals surface area contributed by atoms with E-state index in [1.165, 1.54) is 16.3 Å². The van der Waals surface area contributed by atoms with Gasteiger partial charge in [-0.3, -0.25) is 0 Å². The zero-order valence-electron chi connectivity index (χ0n) is 11.2. The number of rotatable bonds is 3. The summed E-state index contributed by atoms with van der Waals surface area (Å²) in [6.45, 7) is 5.00. The van der Waals surface area contributed by atoms with Gasteiger partial charge in [-0.05, 0) is 26.0 Å². The van der Waals surface area contributed by atoms with E-state index in [1.54, 1.807) is 0 Å². The number of fused-ring (bicyclic) bond motifs is 3. The van der Waals surface area contributed by atoms with Gasteiger partial charge in [0.05, 0.1) is 11.7 Å². The van der Waals surface area contributed by atoms with Crippen LogP contribution >= 0.6 is 0 Å². The predicted octanol–water partition coefficient (Wildman–Crippen LogP) is 4.09. The fraction of sp³-hybridized carbons (Fsp3) is 0.188. The van der Waals surface area contributed by atoms with Crippen LogP contribution in [-0.4, -0.2) is 16.5 Å². The molecule has 0 saturated heterocycles. The molecule has 2 heterocycles. The Morgan fingerprint density at radius 3 is 2.89 bits per heavy atom. The summed E-state index contributed by atoms with van der Waals surface area (Å²) in [5.74, 6) is 0.912. The number of pyridine rings is 1. The molecule has 3 aromatic rings. The number of para-hydroxylation sites is 1. The summed E-state index contributed by atoms with van der Waals surface area (Å²) in [7, 11) is 0. The minimum atomic E-state index is 0.809. The van der Waals surface area contributed by atoms with Crippen LogP contribution in [0.25, 0.3) is 21.8 Å². The lowest BCUT2D eigenvalue weighted by molar-refractivity contribution is 1.21. The molecule has 0 atom stereocenters. The lowest BCUT2D eigenvalue weighted by atomic mass is 10.2. The number of anilines is 1. The number of nitrogens with zero attached hydrogens (tertiary/aromatic N) is 1. The largest absolute Gasteiger partial charge is 0.367 e. The van der Waals surface area contributed by atoms with E-state index in [1.807, 2.05) is 12.3 Å². The molecule has 96 valence electrons. The van der Waals surface area contributed by atoms with Crippen LogP contribution in [0.15, 0.2) is 48.2 Å². The van der Waals surface area contributed by atoms with Crippen LogP contribution in [0.2, 0.25) is 0 Å². The fourth-order valence-electron chi connectivity index (χ4n) is 2.21. The van der Waals surface area contributed by atoms with Crippen molar-refractivity contribution in [3.63, 3.8) is 0 Å². The van der Waals surface area contributed by atoms with Gasteiger partial charge in [0.2, 0.25) is 0 Å². The van der Waals surface area contributed by atoms with Crippen LogP contribution in [-0.2, 0) is 0 Å². The first-order chi connectivity index (χ1) is 9.24.